The molecule has 1 atom stereocenters. The van der Waals surface area contributed by atoms with E-state index in [0.717, 1.165) is 12.2 Å². The van der Waals surface area contributed by atoms with Crippen LogP contribution in [0.3, 0.4) is 0 Å². The molecule has 0 saturated heterocycles. The van der Waals surface area contributed by atoms with Crippen LogP contribution in [0, 0.1) is 12.3 Å². The molecule has 23 heavy (non-hydrogen) atoms. The summed E-state index contributed by atoms with van der Waals surface area (Å²) in [6.45, 7) is 5.29. The molecular weight excluding hydrogens is 268 g/mol. The minimum Gasteiger partial charge on any atom is -0.739 e. The van der Waals surface area contributed by atoms with Gasteiger partial charge in [0.2, 0.25) is 0 Å². The van der Waals surface area contributed by atoms with Gasteiger partial charge in [0.15, 0.2) is 0 Å². The molecule has 0 unspecified atom stereocenters. The van der Waals surface area contributed by atoms with Crippen molar-refractivity contribution in [3.8, 4) is 0 Å². The van der Waals surface area contributed by atoms with E-state index in [4.69, 9.17) is 5.32 Å². The molecule has 3 heteroatoms. The predicted molar refractivity (Wildman–Crippen MR) is 91.7 cm³/mol. The first-order valence-corrected chi connectivity index (χ1v) is 7.95. The van der Waals surface area contributed by atoms with Gasteiger partial charge in [0.05, 0.1) is 0 Å². The number of hydrogen-bond donors (Lipinski definition) is 0. The molecule has 0 amide bonds. The van der Waals surface area contributed by atoms with E-state index in [-0.39, 0.29) is 37.7 Å². The number of para-hydroxylation sites is 1. The summed E-state index contributed by atoms with van der Waals surface area (Å²) in [5.74, 6) is 0.609. The second-order valence-electron chi connectivity index (χ2n) is 5.65. The summed E-state index contributed by atoms with van der Waals surface area (Å²) in [5.41, 5.74) is 3.62. The van der Waals surface area contributed by atoms with Gasteiger partial charge in [0.1, 0.15) is 0 Å². The van der Waals surface area contributed by atoms with Crippen LogP contribution in [0.2, 0.25) is 0 Å². The molecule has 0 fully saturated rings. The van der Waals surface area contributed by atoms with Crippen molar-refractivity contribution in [3.05, 3.63) is 77.5 Å². The molecule has 0 bridgehead atoms. The minimum atomic E-state index is 0. The van der Waals surface area contributed by atoms with Crippen LogP contribution in [0.4, 0.5) is 5.69 Å². The van der Waals surface area contributed by atoms with Crippen LogP contribution in [0.5, 0.6) is 0 Å². The summed E-state index contributed by atoms with van der Waals surface area (Å²) in [6.07, 6.45) is 6.17. The maximum Gasteiger partial charge on any atom is 1.00 e. The molecule has 0 radical (unpaired) electrons. The van der Waals surface area contributed by atoms with E-state index in [9.17, 15) is 0 Å². The Kier molecular flexibility index (Phi) is 12.3. The minimum absolute atomic E-state index is 0. The third kappa shape index (κ3) is 8.10. The van der Waals surface area contributed by atoms with Crippen molar-refractivity contribution in [1.29, 1.82) is 0 Å². The quantitative estimate of drug-likeness (QED) is 0.490. The number of hydrogen-bond acceptors (Lipinski definition) is 0. The zero-order chi connectivity index (χ0) is 14.9. The first-order valence-electron chi connectivity index (χ1n) is 7.95. The molecule has 1 nitrogen and oxygen atoms in total. The van der Waals surface area contributed by atoms with Crippen molar-refractivity contribution >= 4 is 5.69 Å². The Morgan fingerprint density at radius 3 is 2.30 bits per heavy atom. The Balaban J connectivity index is 0.00000242. The van der Waals surface area contributed by atoms with Crippen LogP contribution in [0.25, 0.3) is 5.32 Å². The van der Waals surface area contributed by atoms with E-state index in [1.165, 1.54) is 30.4 Å². The van der Waals surface area contributed by atoms with Crippen LogP contribution in [0.1, 0.15) is 44.2 Å². The van der Waals surface area contributed by atoms with Gasteiger partial charge < -0.3 is 5.32 Å². The zero-order valence-electron chi connectivity index (χ0n) is 15.1. The van der Waals surface area contributed by atoms with Gasteiger partial charge in [-0.05, 0) is 0 Å². The number of benzene rings is 2. The van der Waals surface area contributed by atoms with E-state index < -0.39 is 0 Å². The average molecular weight is 293 g/mol. The van der Waals surface area contributed by atoms with Gasteiger partial charge in [-0.15, -0.1) is 18.7 Å². The molecule has 0 heterocycles. The second-order valence-corrected chi connectivity index (χ2v) is 5.65. The van der Waals surface area contributed by atoms with E-state index >= 15 is 0 Å². The van der Waals surface area contributed by atoms with Gasteiger partial charge >= 0.3 is 37.7 Å². The third-order valence-corrected chi connectivity index (χ3v) is 3.69. The van der Waals surface area contributed by atoms with Crippen LogP contribution < -0.4 is 37.7 Å². The van der Waals surface area contributed by atoms with Crippen molar-refractivity contribution < 1.29 is 37.7 Å². The fraction of sp³-hybridized carbons (Fsp3) is 0.350. The molecule has 0 spiro atoms. The number of unbranched alkanes of at least 4 members (excludes halogenated alkanes) is 1. The van der Waals surface area contributed by atoms with Crippen molar-refractivity contribution in [1.82, 2.24) is 0 Å². The normalized spacial score (nSPS) is 10.9. The Bertz CT molecular complexity index is 528. The molecular formula is C20H25Li2N. The van der Waals surface area contributed by atoms with Crippen LogP contribution in [-0.4, -0.2) is 0 Å². The van der Waals surface area contributed by atoms with E-state index in [1.807, 2.05) is 6.07 Å². The second kappa shape index (κ2) is 12.7. The molecule has 2 aromatic rings. The summed E-state index contributed by atoms with van der Waals surface area (Å²) in [4.78, 5) is 0. The third-order valence-electron chi connectivity index (χ3n) is 3.69. The summed E-state index contributed by atoms with van der Waals surface area (Å²) in [5, 5.41) is 4.78. The van der Waals surface area contributed by atoms with Gasteiger partial charge in [-0.25, -0.2) is 5.56 Å². The van der Waals surface area contributed by atoms with E-state index in [1.54, 1.807) is 0 Å². The molecule has 2 aromatic carbocycles. The van der Waals surface area contributed by atoms with Crippen LogP contribution >= 0.6 is 0 Å². The fourth-order valence-electron chi connectivity index (χ4n) is 2.45. The van der Waals surface area contributed by atoms with E-state index in [0.29, 0.717) is 5.92 Å². The summed E-state index contributed by atoms with van der Waals surface area (Å²) < 4.78 is 0. The van der Waals surface area contributed by atoms with E-state index in [2.05, 4.69) is 68.8 Å². The largest absolute Gasteiger partial charge is 1.00 e. The molecule has 0 aliphatic carbocycles. The summed E-state index contributed by atoms with van der Waals surface area (Å²) >= 11 is 0. The van der Waals surface area contributed by atoms with Crippen molar-refractivity contribution in [3.63, 3.8) is 0 Å². The van der Waals surface area contributed by atoms with Crippen LogP contribution in [-0.2, 0) is 6.54 Å². The van der Waals surface area contributed by atoms with Gasteiger partial charge in [-0.3, -0.25) is 5.69 Å². The van der Waals surface area contributed by atoms with Crippen molar-refractivity contribution in [2.75, 3.05) is 0 Å². The monoisotopic (exact) mass is 293 g/mol. The van der Waals surface area contributed by atoms with Gasteiger partial charge in [-0.2, -0.15) is 12.5 Å². The molecule has 0 aromatic heterocycles. The maximum atomic E-state index is 4.78. The molecule has 0 N–H and O–H groups in total. The maximum absolute atomic E-state index is 4.78. The van der Waals surface area contributed by atoms with Gasteiger partial charge in [0, 0.05) is 0 Å². The standard InChI is InChI=1S/C20H25N.2Li/c1-3-4-10-17(2)15-19-13-8-9-14-20(19)21-16-18-11-6-5-7-12-18;;/h5-9,11-15,17H,3-4,10,16H2,1-2H3;;/q-2;2*+1/t17-;;/m0../s1. The van der Waals surface area contributed by atoms with Gasteiger partial charge in [0.25, 0.3) is 0 Å². The summed E-state index contributed by atoms with van der Waals surface area (Å²) in [7, 11) is 0. The Hall–Kier alpha value is -0.695. The smallest absolute Gasteiger partial charge is 0.739 e. The SMILES string of the molecule is CCCC[C@H](C)[CH-]c1ccccc1[N-]Cc1ccccc1.[Li+].[Li+]. The zero-order valence-corrected chi connectivity index (χ0v) is 15.1. The number of nitrogens with zero attached hydrogens (tertiary/aromatic N) is 1. The average Bonchev–Trinajstić information content (AvgIpc) is 2.53. The van der Waals surface area contributed by atoms with Crippen molar-refractivity contribution in [2.45, 2.75) is 39.7 Å². The number of rotatable bonds is 8. The van der Waals surface area contributed by atoms with Crippen molar-refractivity contribution in [2.24, 2.45) is 5.92 Å². The molecule has 112 valence electrons. The summed E-state index contributed by atoms with van der Waals surface area (Å²) in [6, 6.07) is 18.9. The first-order chi connectivity index (χ1) is 10.3. The first kappa shape index (κ1) is 22.3. The Morgan fingerprint density at radius 2 is 1.61 bits per heavy atom. The Labute approximate surface area is 166 Å². The molecule has 0 aliphatic heterocycles. The fourth-order valence-corrected chi connectivity index (χ4v) is 2.45. The molecule has 0 saturated carbocycles. The topological polar surface area (TPSA) is 14.1 Å². The Morgan fingerprint density at radius 1 is 0.957 bits per heavy atom. The molecule has 2 rings (SSSR count). The molecule has 0 aliphatic rings. The van der Waals surface area contributed by atoms with Gasteiger partial charge in [-0.1, -0.05) is 81.0 Å². The predicted octanol–water partition coefficient (Wildman–Crippen LogP) is 0.279. The van der Waals surface area contributed by atoms with Crippen LogP contribution in [0.15, 0.2) is 54.6 Å².